The molecule has 0 N–H and O–H groups in total. The van der Waals surface area contributed by atoms with Crippen LogP contribution in [0.5, 0.6) is 0 Å². The molecule has 32 heavy (non-hydrogen) atoms. The molecule has 0 radical (unpaired) electrons. The van der Waals surface area contributed by atoms with Gasteiger partial charge in [0.15, 0.2) is 5.83 Å². The first-order valence-corrected chi connectivity index (χ1v) is 12.0. The Hall–Kier alpha value is -0.820. The summed E-state index contributed by atoms with van der Waals surface area (Å²) in [5, 5.41) is 0. The average molecular weight is 475 g/mol. The summed E-state index contributed by atoms with van der Waals surface area (Å²) in [4.78, 5) is 0. The molecular weight excluding hydrogens is 440 g/mol. The smallest absolute Gasteiger partial charge is 0.202 e. The Bertz CT molecular complexity index is 629. The summed E-state index contributed by atoms with van der Waals surface area (Å²) in [6, 6.07) is 0. The van der Waals surface area contributed by atoms with Crippen molar-refractivity contribution in [3.8, 4) is 0 Å². The molecule has 3 saturated carbocycles. The fourth-order valence-electron chi connectivity index (χ4n) is 6.20. The first-order valence-electron chi connectivity index (χ1n) is 12.0. The summed E-state index contributed by atoms with van der Waals surface area (Å²) >= 11 is 0. The number of hydrogen-bond acceptors (Lipinski definition) is 0. The zero-order valence-corrected chi connectivity index (χ0v) is 18.6. The molecule has 186 valence electrons. The fraction of sp³-hybridized carbons (Fsp3) is 0.917. The van der Waals surface area contributed by atoms with E-state index in [9.17, 15) is 35.1 Å². The number of alkyl halides is 7. The molecule has 0 atom stereocenters. The molecule has 3 fully saturated rings. The van der Waals surface area contributed by atoms with E-state index in [2.05, 4.69) is 0 Å². The van der Waals surface area contributed by atoms with E-state index >= 15 is 0 Å². The van der Waals surface area contributed by atoms with Gasteiger partial charge >= 0.3 is 18.0 Å². The van der Waals surface area contributed by atoms with Crippen molar-refractivity contribution < 1.29 is 35.1 Å². The van der Waals surface area contributed by atoms with E-state index in [1.807, 2.05) is 6.92 Å². The molecule has 0 heterocycles. The van der Waals surface area contributed by atoms with E-state index in [0.717, 1.165) is 0 Å². The molecule has 0 aromatic rings. The van der Waals surface area contributed by atoms with Crippen molar-refractivity contribution in [2.45, 2.75) is 102 Å². The van der Waals surface area contributed by atoms with Gasteiger partial charge < -0.3 is 0 Å². The van der Waals surface area contributed by atoms with Crippen LogP contribution in [0.3, 0.4) is 0 Å². The summed E-state index contributed by atoms with van der Waals surface area (Å²) in [5.41, 5.74) is 0. The van der Waals surface area contributed by atoms with E-state index in [4.69, 9.17) is 0 Å². The summed E-state index contributed by atoms with van der Waals surface area (Å²) in [6.07, 6.45) is 0.213. The minimum atomic E-state index is -4.96. The van der Waals surface area contributed by atoms with Gasteiger partial charge in [0.1, 0.15) is 0 Å². The first-order chi connectivity index (χ1) is 14.8. The molecule has 0 saturated heterocycles. The van der Waals surface area contributed by atoms with E-state index in [1.54, 1.807) is 0 Å². The lowest BCUT2D eigenvalue weighted by atomic mass is 9.67. The van der Waals surface area contributed by atoms with Crippen LogP contribution in [0, 0.1) is 35.5 Å². The summed E-state index contributed by atoms with van der Waals surface area (Å²) < 4.78 is 110. The third-order valence-corrected chi connectivity index (χ3v) is 8.39. The van der Waals surface area contributed by atoms with Crippen molar-refractivity contribution in [2.75, 3.05) is 0 Å². The van der Waals surface area contributed by atoms with Crippen LogP contribution in [0.1, 0.15) is 84.0 Å². The molecule has 3 aliphatic rings. The number of allylic oxidation sites excluding steroid dienone is 2. The molecule has 3 rings (SSSR count). The van der Waals surface area contributed by atoms with Crippen molar-refractivity contribution in [1.29, 1.82) is 0 Å². The van der Waals surface area contributed by atoms with Crippen molar-refractivity contribution in [2.24, 2.45) is 35.5 Å². The highest BCUT2D eigenvalue weighted by atomic mass is 19.4. The molecule has 0 amide bonds. The number of hydrogen-bond donors (Lipinski definition) is 0. The largest absolute Gasteiger partial charge is 0.442 e. The molecule has 0 unspecified atom stereocenters. The molecular formula is C24H34F8. The second-order valence-corrected chi connectivity index (χ2v) is 10.5. The van der Waals surface area contributed by atoms with Gasteiger partial charge in [-0.1, -0.05) is 19.8 Å². The van der Waals surface area contributed by atoms with Gasteiger partial charge in [-0.3, -0.25) is 0 Å². The maximum atomic E-state index is 14.9. The molecule has 0 aromatic heterocycles. The second-order valence-electron chi connectivity index (χ2n) is 10.5. The van der Waals surface area contributed by atoms with Gasteiger partial charge in [-0.25, -0.2) is 4.39 Å². The molecule has 0 aliphatic heterocycles. The quantitative estimate of drug-likeness (QED) is 0.349. The number of halogens is 8. The first kappa shape index (κ1) is 25.8. The minimum Gasteiger partial charge on any atom is -0.202 e. The lowest BCUT2D eigenvalue weighted by Crippen LogP contribution is -2.52. The highest BCUT2D eigenvalue weighted by molar-refractivity contribution is 5.03. The Labute approximate surface area is 185 Å². The fourth-order valence-corrected chi connectivity index (χ4v) is 6.20. The molecule has 0 spiro atoms. The third kappa shape index (κ3) is 5.63. The summed E-state index contributed by atoms with van der Waals surface area (Å²) in [7, 11) is 0. The molecule has 8 heteroatoms. The van der Waals surface area contributed by atoms with Crippen molar-refractivity contribution in [3.63, 3.8) is 0 Å². The van der Waals surface area contributed by atoms with Crippen LogP contribution >= 0.6 is 0 Å². The van der Waals surface area contributed by atoms with E-state index in [1.165, 1.54) is 0 Å². The highest BCUT2D eigenvalue weighted by Gasteiger charge is 2.64. The number of rotatable bonds is 5. The molecule has 0 aromatic carbocycles. The lowest BCUT2D eigenvalue weighted by molar-refractivity contribution is -0.270. The lowest BCUT2D eigenvalue weighted by Gasteiger charge is -2.43. The van der Waals surface area contributed by atoms with Crippen LogP contribution < -0.4 is 0 Å². The Morgan fingerprint density at radius 2 is 0.969 bits per heavy atom. The Morgan fingerprint density at radius 1 is 0.594 bits per heavy atom. The van der Waals surface area contributed by atoms with Crippen molar-refractivity contribution in [1.82, 2.24) is 0 Å². The standard InChI is InChI=1S/C24H34F8/c1-15-2-10-19(11-3-15)22(26,27)23(28,29)20-12-8-18(9-13-20)17-6-4-16(5-7-17)14-21(25)24(30,31)32/h14-20H,2-13H2,1H3. The van der Waals surface area contributed by atoms with Gasteiger partial charge in [0.25, 0.3) is 0 Å². The van der Waals surface area contributed by atoms with Crippen LogP contribution in [0.15, 0.2) is 11.9 Å². The third-order valence-electron chi connectivity index (χ3n) is 8.39. The topological polar surface area (TPSA) is 0 Å². The van der Waals surface area contributed by atoms with Gasteiger partial charge in [0.05, 0.1) is 0 Å². The zero-order valence-electron chi connectivity index (χ0n) is 18.6. The van der Waals surface area contributed by atoms with E-state index in [-0.39, 0.29) is 37.5 Å². The van der Waals surface area contributed by atoms with Crippen molar-refractivity contribution in [3.05, 3.63) is 11.9 Å². The normalized spacial score (nSPS) is 36.2. The molecule has 0 bridgehead atoms. The van der Waals surface area contributed by atoms with Crippen LogP contribution in [0.2, 0.25) is 0 Å². The second kappa shape index (κ2) is 9.81. The van der Waals surface area contributed by atoms with Crippen molar-refractivity contribution >= 4 is 0 Å². The summed E-state index contributed by atoms with van der Waals surface area (Å²) in [6.45, 7) is 1.96. The zero-order chi connectivity index (χ0) is 23.7. The van der Waals surface area contributed by atoms with E-state index < -0.39 is 41.6 Å². The van der Waals surface area contributed by atoms with Gasteiger partial charge in [0, 0.05) is 11.8 Å². The van der Waals surface area contributed by atoms with E-state index in [0.29, 0.717) is 63.4 Å². The molecule has 0 nitrogen and oxygen atoms in total. The Balaban J connectivity index is 1.51. The summed E-state index contributed by atoms with van der Waals surface area (Å²) in [5.74, 6) is -12.5. The average Bonchev–Trinajstić information content (AvgIpc) is 2.74. The SMILES string of the molecule is CC1CCC(C(F)(F)C(F)(F)C2CCC(C3CCC(C=C(F)C(F)(F)F)CC3)CC2)CC1. The van der Waals surface area contributed by atoms with Gasteiger partial charge in [-0.05, 0) is 94.0 Å². The monoisotopic (exact) mass is 474 g/mol. The van der Waals surface area contributed by atoms with Crippen LogP contribution in [0.25, 0.3) is 0 Å². The van der Waals surface area contributed by atoms with Crippen LogP contribution in [-0.4, -0.2) is 18.0 Å². The van der Waals surface area contributed by atoms with Gasteiger partial charge in [-0.2, -0.15) is 30.7 Å². The van der Waals surface area contributed by atoms with Crippen LogP contribution in [0.4, 0.5) is 35.1 Å². The highest BCUT2D eigenvalue weighted by Crippen LogP contribution is 2.54. The Kier molecular flexibility index (Phi) is 7.91. The Morgan fingerprint density at radius 3 is 1.38 bits per heavy atom. The predicted octanol–water partition coefficient (Wildman–Crippen LogP) is 9.11. The van der Waals surface area contributed by atoms with Gasteiger partial charge in [0.2, 0.25) is 0 Å². The minimum absolute atomic E-state index is 0.0545. The van der Waals surface area contributed by atoms with Crippen LogP contribution in [-0.2, 0) is 0 Å². The van der Waals surface area contributed by atoms with Gasteiger partial charge in [-0.15, -0.1) is 0 Å². The maximum Gasteiger partial charge on any atom is 0.442 e. The maximum absolute atomic E-state index is 14.9. The predicted molar refractivity (Wildman–Crippen MR) is 107 cm³/mol. The molecule has 3 aliphatic carbocycles.